The van der Waals surface area contributed by atoms with E-state index in [1.165, 1.54) is 11.3 Å². The van der Waals surface area contributed by atoms with Gasteiger partial charge < -0.3 is 15.5 Å². The van der Waals surface area contributed by atoms with Crippen molar-refractivity contribution in [2.45, 2.75) is 6.54 Å². The highest BCUT2D eigenvalue weighted by molar-refractivity contribution is 7.13. The second kappa shape index (κ2) is 6.45. The van der Waals surface area contributed by atoms with Crippen LogP contribution in [0, 0.1) is 0 Å². The molecule has 6 nitrogen and oxygen atoms in total. The number of nitrogens with zero attached hydrogens (tertiary/aromatic N) is 2. The average Bonchev–Trinajstić information content (AvgIpc) is 3.10. The number of aromatic nitrogens is 2. The maximum absolute atomic E-state index is 12.2. The Hall–Kier alpha value is -2.93. The molecule has 0 saturated carbocycles. The third kappa shape index (κ3) is 3.29. The number of nitrogens with one attached hydrogen (secondary N) is 1. The normalized spacial score (nSPS) is 10.4. The monoisotopic (exact) mass is 327 g/mol. The highest BCUT2D eigenvalue weighted by Crippen LogP contribution is 2.30. The van der Waals surface area contributed by atoms with Crippen LogP contribution >= 0.6 is 11.3 Å². The van der Waals surface area contributed by atoms with Crippen molar-refractivity contribution in [2.24, 2.45) is 0 Å². The molecule has 3 aromatic rings. The first-order valence-corrected chi connectivity index (χ1v) is 7.69. The summed E-state index contributed by atoms with van der Waals surface area (Å²) in [6, 6.07) is 12.9. The van der Waals surface area contributed by atoms with Crippen LogP contribution in [0.5, 0.6) is 11.6 Å². The molecule has 0 saturated heterocycles. The average molecular weight is 327 g/mol. The van der Waals surface area contributed by atoms with Crippen molar-refractivity contribution in [3.05, 3.63) is 59.1 Å². The summed E-state index contributed by atoms with van der Waals surface area (Å²) in [5, 5.41) is 24.1. The van der Waals surface area contributed by atoms with Gasteiger partial charge in [0.2, 0.25) is 5.75 Å². The van der Waals surface area contributed by atoms with Crippen molar-refractivity contribution in [3.63, 3.8) is 0 Å². The van der Waals surface area contributed by atoms with Gasteiger partial charge >= 0.3 is 0 Å². The second-order valence-electron chi connectivity index (χ2n) is 4.71. The van der Waals surface area contributed by atoms with Gasteiger partial charge in [0.15, 0.2) is 11.5 Å². The molecule has 0 atom stereocenters. The van der Waals surface area contributed by atoms with Crippen LogP contribution in [-0.2, 0) is 6.54 Å². The van der Waals surface area contributed by atoms with Gasteiger partial charge in [0.25, 0.3) is 11.8 Å². The van der Waals surface area contributed by atoms with Gasteiger partial charge in [-0.2, -0.15) is 4.98 Å². The van der Waals surface area contributed by atoms with Gasteiger partial charge in [-0.3, -0.25) is 4.79 Å². The maximum atomic E-state index is 12.2. The third-order valence-corrected chi connectivity index (χ3v) is 3.98. The Balaban J connectivity index is 1.85. The fourth-order valence-electron chi connectivity index (χ4n) is 1.98. The summed E-state index contributed by atoms with van der Waals surface area (Å²) in [4.78, 5) is 20.8. The van der Waals surface area contributed by atoms with E-state index in [9.17, 15) is 15.0 Å². The molecule has 3 rings (SSSR count). The van der Waals surface area contributed by atoms with Crippen LogP contribution in [-0.4, -0.2) is 26.1 Å². The number of carbonyl (C=O) groups is 1. The van der Waals surface area contributed by atoms with Crippen LogP contribution in [0.4, 0.5) is 0 Å². The van der Waals surface area contributed by atoms with Gasteiger partial charge in [0, 0.05) is 6.54 Å². The molecule has 0 unspecified atom stereocenters. The van der Waals surface area contributed by atoms with E-state index in [-0.39, 0.29) is 18.1 Å². The molecule has 1 amide bonds. The number of aromatic hydroxyl groups is 2. The number of thiophene rings is 1. The van der Waals surface area contributed by atoms with Crippen LogP contribution in [0.1, 0.15) is 16.1 Å². The molecule has 0 aliphatic carbocycles. The quantitative estimate of drug-likeness (QED) is 0.684. The molecule has 116 valence electrons. The van der Waals surface area contributed by atoms with Crippen molar-refractivity contribution in [3.8, 4) is 22.3 Å². The molecule has 0 aliphatic heterocycles. The summed E-state index contributed by atoms with van der Waals surface area (Å²) in [7, 11) is 0. The van der Waals surface area contributed by atoms with Gasteiger partial charge in [-0.15, -0.1) is 11.3 Å². The third-order valence-electron chi connectivity index (χ3n) is 3.12. The summed E-state index contributed by atoms with van der Waals surface area (Å²) in [5.74, 6) is -1.63. The smallest absolute Gasteiger partial charge is 0.274 e. The first kappa shape index (κ1) is 15.0. The standard InChI is InChI=1S/C16H13N3O3S/c20-13-12(15(21)17-9-10-5-2-1-3-6-10)18-14(19-16(13)22)11-7-4-8-23-11/h1-8,20H,9H2,(H,17,21)(H,18,19,22). The van der Waals surface area contributed by atoms with Crippen molar-refractivity contribution in [2.75, 3.05) is 0 Å². The maximum Gasteiger partial charge on any atom is 0.274 e. The SMILES string of the molecule is O=C(NCc1ccccc1)c1nc(-c2cccs2)nc(O)c1O. The fourth-order valence-corrected chi connectivity index (χ4v) is 2.64. The van der Waals surface area contributed by atoms with E-state index < -0.39 is 17.5 Å². The van der Waals surface area contributed by atoms with E-state index in [1.807, 2.05) is 41.8 Å². The summed E-state index contributed by atoms with van der Waals surface area (Å²) in [6.45, 7) is 0.290. The van der Waals surface area contributed by atoms with E-state index >= 15 is 0 Å². The lowest BCUT2D eigenvalue weighted by molar-refractivity contribution is 0.0942. The zero-order valence-corrected chi connectivity index (χ0v) is 12.7. The number of rotatable bonds is 4. The number of amides is 1. The summed E-state index contributed by atoms with van der Waals surface area (Å²) < 4.78 is 0. The Morgan fingerprint density at radius 1 is 1.09 bits per heavy atom. The van der Waals surface area contributed by atoms with E-state index in [4.69, 9.17) is 0 Å². The molecule has 3 N–H and O–H groups in total. The lowest BCUT2D eigenvalue weighted by Gasteiger charge is -2.08. The predicted octanol–water partition coefficient (Wildman–Crippen LogP) is 2.55. The Kier molecular flexibility index (Phi) is 4.20. The van der Waals surface area contributed by atoms with Gasteiger partial charge in [0.05, 0.1) is 4.88 Å². The minimum Gasteiger partial charge on any atom is -0.501 e. The van der Waals surface area contributed by atoms with Crippen molar-refractivity contribution >= 4 is 17.2 Å². The molecular formula is C16H13N3O3S. The Morgan fingerprint density at radius 3 is 2.57 bits per heavy atom. The van der Waals surface area contributed by atoms with Crippen molar-refractivity contribution in [1.29, 1.82) is 0 Å². The van der Waals surface area contributed by atoms with E-state index in [1.54, 1.807) is 6.07 Å². The molecule has 0 fully saturated rings. The first-order chi connectivity index (χ1) is 11.1. The molecule has 2 aromatic heterocycles. The van der Waals surface area contributed by atoms with Crippen LogP contribution in [0.2, 0.25) is 0 Å². The van der Waals surface area contributed by atoms with Gasteiger partial charge in [-0.25, -0.2) is 4.98 Å². The number of hydrogen-bond acceptors (Lipinski definition) is 6. The number of benzene rings is 1. The van der Waals surface area contributed by atoms with E-state index in [2.05, 4.69) is 15.3 Å². The Bertz CT molecular complexity index is 820. The van der Waals surface area contributed by atoms with Crippen LogP contribution < -0.4 is 5.32 Å². The molecule has 2 heterocycles. The lowest BCUT2D eigenvalue weighted by Crippen LogP contribution is -2.24. The van der Waals surface area contributed by atoms with Crippen LogP contribution in [0.25, 0.3) is 10.7 Å². The fraction of sp³-hybridized carbons (Fsp3) is 0.0625. The van der Waals surface area contributed by atoms with Gasteiger partial charge in [-0.1, -0.05) is 36.4 Å². The molecule has 0 aliphatic rings. The zero-order chi connectivity index (χ0) is 16.2. The van der Waals surface area contributed by atoms with E-state index in [0.717, 1.165) is 5.56 Å². The Labute approximate surface area is 136 Å². The zero-order valence-electron chi connectivity index (χ0n) is 11.9. The highest BCUT2D eigenvalue weighted by Gasteiger charge is 2.20. The summed E-state index contributed by atoms with van der Waals surface area (Å²) in [6.07, 6.45) is 0. The van der Waals surface area contributed by atoms with Crippen LogP contribution in [0.15, 0.2) is 47.8 Å². The minimum atomic E-state index is -0.629. The number of carbonyl (C=O) groups excluding carboxylic acids is 1. The molecule has 1 aromatic carbocycles. The largest absolute Gasteiger partial charge is 0.501 e. The second-order valence-corrected chi connectivity index (χ2v) is 5.66. The summed E-state index contributed by atoms with van der Waals surface area (Å²) in [5.41, 5.74) is 0.661. The number of hydrogen-bond donors (Lipinski definition) is 3. The Morgan fingerprint density at radius 2 is 1.87 bits per heavy atom. The highest BCUT2D eigenvalue weighted by atomic mass is 32.1. The minimum absolute atomic E-state index is 0.195. The molecule has 0 bridgehead atoms. The first-order valence-electron chi connectivity index (χ1n) is 6.81. The predicted molar refractivity (Wildman–Crippen MR) is 86.3 cm³/mol. The van der Waals surface area contributed by atoms with Gasteiger partial charge in [-0.05, 0) is 17.0 Å². The lowest BCUT2D eigenvalue weighted by atomic mass is 10.2. The molecular weight excluding hydrogens is 314 g/mol. The van der Waals surface area contributed by atoms with E-state index in [0.29, 0.717) is 4.88 Å². The van der Waals surface area contributed by atoms with Crippen molar-refractivity contribution < 1.29 is 15.0 Å². The van der Waals surface area contributed by atoms with Crippen LogP contribution in [0.3, 0.4) is 0 Å². The molecule has 7 heteroatoms. The van der Waals surface area contributed by atoms with Gasteiger partial charge in [0.1, 0.15) is 0 Å². The molecule has 23 heavy (non-hydrogen) atoms. The molecule has 0 spiro atoms. The summed E-state index contributed by atoms with van der Waals surface area (Å²) >= 11 is 1.37. The molecule has 0 radical (unpaired) electrons. The van der Waals surface area contributed by atoms with Crippen molar-refractivity contribution in [1.82, 2.24) is 15.3 Å². The topological polar surface area (TPSA) is 95.3 Å².